The molecule has 4 fully saturated rings. The number of rotatable bonds is 7. The Kier molecular flexibility index (Phi) is 6.28. The third-order valence-corrected chi connectivity index (χ3v) is 10.6. The van der Waals surface area contributed by atoms with Crippen LogP contribution >= 0.6 is 0 Å². The Hall–Kier alpha value is -2.11. The molecule has 1 saturated carbocycles. The van der Waals surface area contributed by atoms with Crippen molar-refractivity contribution in [1.82, 2.24) is 19.6 Å². The second-order valence-corrected chi connectivity index (χ2v) is 13.2. The number of hydrogen-bond donors (Lipinski definition) is 2. The fourth-order valence-corrected chi connectivity index (χ4v) is 7.92. The molecule has 0 bridgehead atoms. The van der Waals surface area contributed by atoms with Crippen molar-refractivity contribution in [2.24, 2.45) is 11.3 Å². The quantitative estimate of drug-likeness (QED) is 0.579. The largest absolute Gasteiger partial charge is 0.369 e. The second-order valence-electron chi connectivity index (χ2n) is 11.1. The predicted octanol–water partition coefficient (Wildman–Crippen LogP) is 3.37. The van der Waals surface area contributed by atoms with E-state index < -0.39 is 16.4 Å². The number of benzene rings is 1. The van der Waals surface area contributed by atoms with E-state index in [0.717, 1.165) is 57.5 Å². The van der Waals surface area contributed by atoms with E-state index in [-0.39, 0.29) is 22.8 Å². The van der Waals surface area contributed by atoms with Crippen LogP contribution in [0.1, 0.15) is 50.5 Å². The van der Waals surface area contributed by atoms with Crippen LogP contribution in [0.3, 0.4) is 0 Å². The van der Waals surface area contributed by atoms with Crippen molar-refractivity contribution < 1.29 is 17.2 Å². The zero-order valence-electron chi connectivity index (χ0n) is 20.4. The molecule has 36 heavy (non-hydrogen) atoms. The van der Waals surface area contributed by atoms with E-state index >= 15 is 0 Å². The molecule has 2 N–H and O–H groups in total. The lowest BCUT2D eigenvalue weighted by Crippen LogP contribution is -2.54. The van der Waals surface area contributed by atoms with Gasteiger partial charge < -0.3 is 15.5 Å². The summed E-state index contributed by atoms with van der Waals surface area (Å²) in [6.07, 6.45) is 4.65. The maximum atomic E-state index is 13.7. The van der Waals surface area contributed by atoms with Gasteiger partial charge in [0.1, 0.15) is 0 Å². The molecule has 8 nitrogen and oxygen atoms in total. The molecule has 6 rings (SSSR count). The first-order valence-corrected chi connectivity index (χ1v) is 14.7. The second kappa shape index (κ2) is 9.33. The Bertz CT molecular complexity index is 1230. The van der Waals surface area contributed by atoms with Crippen molar-refractivity contribution in [3.63, 3.8) is 0 Å². The third kappa shape index (κ3) is 4.65. The molecule has 1 aromatic heterocycles. The molecule has 3 saturated heterocycles. The van der Waals surface area contributed by atoms with Gasteiger partial charge in [-0.1, -0.05) is 6.42 Å². The first kappa shape index (κ1) is 24.2. The molecule has 1 spiro atoms. The fraction of sp³-hybridized carbons (Fsp3) is 0.680. The summed E-state index contributed by atoms with van der Waals surface area (Å²) in [6.45, 7) is 4.58. The Labute approximate surface area is 210 Å². The minimum Gasteiger partial charge on any atom is -0.369 e. The van der Waals surface area contributed by atoms with Gasteiger partial charge in [0.25, 0.3) is 6.43 Å². The van der Waals surface area contributed by atoms with E-state index in [1.807, 2.05) is 0 Å². The zero-order valence-corrected chi connectivity index (χ0v) is 21.2. The van der Waals surface area contributed by atoms with Crippen LogP contribution in [0, 0.1) is 11.3 Å². The number of halogens is 2. The normalized spacial score (nSPS) is 23.4. The summed E-state index contributed by atoms with van der Waals surface area (Å²) >= 11 is 0. The van der Waals surface area contributed by atoms with Crippen LogP contribution < -0.4 is 15.5 Å². The highest BCUT2D eigenvalue weighted by Crippen LogP contribution is 2.40. The topological polar surface area (TPSA) is 90.5 Å². The van der Waals surface area contributed by atoms with E-state index in [1.54, 1.807) is 16.6 Å². The molecule has 0 radical (unpaired) electrons. The predicted molar refractivity (Wildman–Crippen MR) is 136 cm³/mol. The molecular weight excluding hydrogens is 486 g/mol. The molecule has 196 valence electrons. The number of nitrogens with zero attached hydrogens (tertiary/aromatic N) is 4. The standard InChI is InChI=1S/C25H34F2N6O2S/c26-23(27)18-10-19-12-29-24(31-22(19)21(11-18)32-9-6-25(16-32)14-28-15-25)30-20-4-7-33(8-5-20)36(34,35)13-17-2-1-3-17/h10-12,17,20,23,28H,1-9,13-16H2,(H,29,30,31). The van der Waals surface area contributed by atoms with Gasteiger partial charge in [0.15, 0.2) is 0 Å². The maximum Gasteiger partial charge on any atom is 0.263 e. The summed E-state index contributed by atoms with van der Waals surface area (Å²) < 4.78 is 54.4. The number of anilines is 2. The first-order valence-electron chi connectivity index (χ1n) is 13.1. The van der Waals surface area contributed by atoms with Crippen LogP contribution in [0.25, 0.3) is 10.9 Å². The average molecular weight is 521 g/mol. The van der Waals surface area contributed by atoms with Crippen molar-refractivity contribution in [1.29, 1.82) is 0 Å². The molecular formula is C25H34F2N6O2S. The van der Waals surface area contributed by atoms with Crippen LogP contribution in [0.4, 0.5) is 20.4 Å². The van der Waals surface area contributed by atoms with Gasteiger partial charge in [0.05, 0.1) is 17.0 Å². The average Bonchev–Trinajstić information content (AvgIpc) is 3.28. The van der Waals surface area contributed by atoms with E-state index in [4.69, 9.17) is 4.98 Å². The molecule has 4 aliphatic rings. The van der Waals surface area contributed by atoms with Gasteiger partial charge in [-0.25, -0.2) is 31.5 Å². The molecule has 0 atom stereocenters. The molecule has 4 heterocycles. The SMILES string of the molecule is O=S(=O)(CC1CCC1)N1CCC(Nc2ncc3cc(C(F)F)cc(N4CCC5(CNC5)C4)c3n2)CC1. The molecule has 2 aromatic rings. The number of nitrogens with one attached hydrogen (secondary N) is 2. The summed E-state index contributed by atoms with van der Waals surface area (Å²) in [4.78, 5) is 11.4. The monoisotopic (exact) mass is 520 g/mol. The van der Waals surface area contributed by atoms with E-state index in [0.29, 0.717) is 48.7 Å². The number of piperidine rings is 1. The van der Waals surface area contributed by atoms with Gasteiger partial charge in [0, 0.05) is 67.9 Å². The van der Waals surface area contributed by atoms with E-state index in [2.05, 4.69) is 20.5 Å². The number of sulfonamides is 1. The minimum atomic E-state index is -3.20. The van der Waals surface area contributed by atoms with Gasteiger partial charge in [-0.05, 0) is 50.2 Å². The summed E-state index contributed by atoms with van der Waals surface area (Å²) in [6, 6.07) is 3.13. The fourth-order valence-electron chi connectivity index (χ4n) is 6.02. The molecule has 1 aliphatic carbocycles. The molecule has 3 aliphatic heterocycles. The van der Waals surface area contributed by atoms with Crippen LogP contribution in [-0.2, 0) is 10.0 Å². The Balaban J connectivity index is 1.18. The Morgan fingerprint density at radius 2 is 1.92 bits per heavy atom. The van der Waals surface area contributed by atoms with Crippen LogP contribution in [-0.4, -0.2) is 73.8 Å². The Morgan fingerprint density at radius 1 is 1.14 bits per heavy atom. The highest BCUT2D eigenvalue weighted by Gasteiger charge is 2.43. The van der Waals surface area contributed by atoms with Crippen LogP contribution in [0.2, 0.25) is 0 Å². The number of fused-ring (bicyclic) bond motifs is 1. The third-order valence-electron chi connectivity index (χ3n) is 8.57. The number of alkyl halides is 2. The Morgan fingerprint density at radius 3 is 2.53 bits per heavy atom. The van der Waals surface area contributed by atoms with Gasteiger partial charge >= 0.3 is 0 Å². The van der Waals surface area contributed by atoms with E-state index in [9.17, 15) is 17.2 Å². The van der Waals surface area contributed by atoms with Gasteiger partial charge in [-0.3, -0.25) is 0 Å². The minimum absolute atomic E-state index is 0.00928. The lowest BCUT2D eigenvalue weighted by atomic mass is 9.81. The van der Waals surface area contributed by atoms with Crippen molar-refractivity contribution in [3.8, 4) is 0 Å². The highest BCUT2D eigenvalue weighted by molar-refractivity contribution is 7.89. The first-order chi connectivity index (χ1) is 17.3. The zero-order chi connectivity index (χ0) is 24.9. The molecule has 1 aromatic carbocycles. The highest BCUT2D eigenvalue weighted by atomic mass is 32.2. The molecule has 0 unspecified atom stereocenters. The van der Waals surface area contributed by atoms with Crippen molar-refractivity contribution in [3.05, 3.63) is 23.9 Å². The van der Waals surface area contributed by atoms with E-state index in [1.165, 1.54) is 6.07 Å². The van der Waals surface area contributed by atoms with Gasteiger partial charge in [-0.2, -0.15) is 0 Å². The molecule has 0 amide bonds. The van der Waals surface area contributed by atoms with Gasteiger partial charge in [-0.15, -0.1) is 0 Å². The van der Waals surface area contributed by atoms with Crippen molar-refractivity contribution in [2.45, 2.75) is 51.0 Å². The van der Waals surface area contributed by atoms with Crippen LogP contribution in [0.5, 0.6) is 0 Å². The maximum absolute atomic E-state index is 13.7. The van der Waals surface area contributed by atoms with Crippen molar-refractivity contribution >= 4 is 32.6 Å². The van der Waals surface area contributed by atoms with Gasteiger partial charge in [0.2, 0.25) is 16.0 Å². The number of hydrogen-bond acceptors (Lipinski definition) is 7. The lowest BCUT2D eigenvalue weighted by Gasteiger charge is -2.39. The summed E-state index contributed by atoms with van der Waals surface area (Å²) in [5.41, 5.74) is 1.65. The summed E-state index contributed by atoms with van der Waals surface area (Å²) in [5, 5.41) is 7.33. The lowest BCUT2D eigenvalue weighted by molar-refractivity contribution is 0.151. The number of aromatic nitrogens is 2. The summed E-state index contributed by atoms with van der Waals surface area (Å²) in [7, 11) is -3.20. The van der Waals surface area contributed by atoms with Crippen molar-refractivity contribution in [2.75, 3.05) is 55.2 Å². The smallest absolute Gasteiger partial charge is 0.263 e. The summed E-state index contributed by atoms with van der Waals surface area (Å²) in [5.74, 6) is 1.06. The molecule has 11 heteroatoms. The van der Waals surface area contributed by atoms with Crippen LogP contribution in [0.15, 0.2) is 18.3 Å².